The Morgan fingerprint density at radius 2 is 2.11 bits per heavy atom. The summed E-state index contributed by atoms with van der Waals surface area (Å²) in [6, 6.07) is 7.70. The predicted molar refractivity (Wildman–Crippen MR) is 79.6 cm³/mol. The van der Waals surface area contributed by atoms with Crippen molar-refractivity contribution in [3.05, 3.63) is 29.8 Å². The minimum atomic E-state index is -0.164. The molecule has 0 aromatic heterocycles. The van der Waals surface area contributed by atoms with Gasteiger partial charge >= 0.3 is 0 Å². The van der Waals surface area contributed by atoms with Gasteiger partial charge in [-0.3, -0.25) is 4.79 Å². The zero-order valence-electron chi connectivity index (χ0n) is 11.7. The van der Waals surface area contributed by atoms with Gasteiger partial charge in [0.1, 0.15) is 5.75 Å². The molecular weight excluding hydrogens is 264 g/mol. The van der Waals surface area contributed by atoms with Crippen molar-refractivity contribution >= 4 is 18.3 Å². The highest BCUT2D eigenvalue weighted by Gasteiger charge is 2.14. The molecule has 0 saturated carbocycles. The number of halogens is 1. The second-order valence-corrected chi connectivity index (χ2v) is 4.37. The molecule has 5 heteroatoms. The third-order valence-corrected chi connectivity index (χ3v) is 2.83. The second-order valence-electron chi connectivity index (χ2n) is 4.37. The smallest absolute Gasteiger partial charge is 0.224 e. The van der Waals surface area contributed by atoms with Gasteiger partial charge in [-0.1, -0.05) is 19.1 Å². The first kappa shape index (κ1) is 17.7. The molecule has 0 spiro atoms. The maximum atomic E-state index is 11.7. The summed E-state index contributed by atoms with van der Waals surface area (Å²) in [5.74, 6) is 0.636. The van der Waals surface area contributed by atoms with E-state index in [1.54, 1.807) is 0 Å². The summed E-state index contributed by atoms with van der Waals surface area (Å²) in [4.78, 5) is 11.7. The van der Waals surface area contributed by atoms with Crippen LogP contribution in [0.2, 0.25) is 0 Å². The van der Waals surface area contributed by atoms with Crippen LogP contribution >= 0.6 is 12.4 Å². The van der Waals surface area contributed by atoms with Crippen LogP contribution in [-0.4, -0.2) is 19.1 Å². The Morgan fingerprint density at radius 1 is 1.42 bits per heavy atom. The number of hydrogen-bond acceptors (Lipinski definition) is 3. The van der Waals surface area contributed by atoms with Crippen LogP contribution in [0, 0.1) is 5.92 Å². The van der Waals surface area contributed by atoms with Crippen molar-refractivity contribution in [2.75, 3.05) is 13.2 Å². The molecule has 2 atom stereocenters. The van der Waals surface area contributed by atoms with E-state index in [1.165, 1.54) is 0 Å². The average Bonchev–Trinajstić information content (AvgIpc) is 2.38. The lowest BCUT2D eigenvalue weighted by molar-refractivity contribution is -0.124. The Balaban J connectivity index is 0.00000324. The molecule has 0 aliphatic rings. The minimum Gasteiger partial charge on any atom is -0.494 e. The SMILES string of the molecule is CCOc1cccc(C(C)NC(=O)C(C)CN)c1.Cl. The fourth-order valence-electron chi connectivity index (χ4n) is 1.59. The van der Waals surface area contributed by atoms with E-state index in [0.29, 0.717) is 13.2 Å². The van der Waals surface area contributed by atoms with Crippen molar-refractivity contribution in [2.24, 2.45) is 11.7 Å². The maximum Gasteiger partial charge on any atom is 0.224 e. The summed E-state index contributed by atoms with van der Waals surface area (Å²) in [6.45, 7) is 6.71. The van der Waals surface area contributed by atoms with Crippen molar-refractivity contribution in [1.29, 1.82) is 0 Å². The van der Waals surface area contributed by atoms with Crippen LogP contribution in [0.3, 0.4) is 0 Å². The second kappa shape index (κ2) is 8.77. The van der Waals surface area contributed by atoms with Crippen LogP contribution < -0.4 is 15.8 Å². The van der Waals surface area contributed by atoms with Gasteiger partial charge in [0.15, 0.2) is 0 Å². The lowest BCUT2D eigenvalue weighted by Gasteiger charge is -2.17. The molecule has 1 amide bonds. The van der Waals surface area contributed by atoms with E-state index in [-0.39, 0.29) is 30.3 Å². The fourth-order valence-corrected chi connectivity index (χ4v) is 1.59. The summed E-state index contributed by atoms with van der Waals surface area (Å²) in [5.41, 5.74) is 6.50. The number of ether oxygens (including phenoxy) is 1. The van der Waals surface area contributed by atoms with Crippen molar-refractivity contribution < 1.29 is 9.53 Å². The first-order chi connectivity index (χ1) is 8.58. The van der Waals surface area contributed by atoms with E-state index in [9.17, 15) is 4.79 Å². The number of carbonyl (C=O) groups is 1. The summed E-state index contributed by atoms with van der Waals surface area (Å²) < 4.78 is 5.44. The number of nitrogens with two attached hydrogens (primary N) is 1. The molecule has 1 rings (SSSR count). The van der Waals surface area contributed by atoms with Crippen molar-refractivity contribution in [1.82, 2.24) is 5.32 Å². The zero-order valence-corrected chi connectivity index (χ0v) is 12.5. The minimum absolute atomic E-state index is 0. The van der Waals surface area contributed by atoms with Crippen molar-refractivity contribution in [3.8, 4) is 5.75 Å². The molecule has 0 saturated heterocycles. The number of carbonyl (C=O) groups excluding carboxylic acids is 1. The van der Waals surface area contributed by atoms with Crippen molar-refractivity contribution in [2.45, 2.75) is 26.8 Å². The monoisotopic (exact) mass is 286 g/mol. The molecule has 0 aliphatic carbocycles. The molecule has 0 aliphatic heterocycles. The van der Waals surface area contributed by atoms with Crippen molar-refractivity contribution in [3.63, 3.8) is 0 Å². The molecule has 3 N–H and O–H groups in total. The van der Waals surface area contributed by atoms with Gasteiger partial charge in [0.2, 0.25) is 5.91 Å². The number of amides is 1. The van der Waals surface area contributed by atoms with Gasteiger partial charge in [-0.25, -0.2) is 0 Å². The van der Waals surface area contributed by atoms with Crippen LogP contribution in [0.5, 0.6) is 5.75 Å². The number of nitrogens with one attached hydrogen (secondary N) is 1. The van der Waals surface area contributed by atoms with Crippen LogP contribution in [-0.2, 0) is 4.79 Å². The molecule has 0 bridgehead atoms. The van der Waals surface area contributed by atoms with Gasteiger partial charge in [0, 0.05) is 12.5 Å². The van der Waals surface area contributed by atoms with E-state index < -0.39 is 0 Å². The molecule has 108 valence electrons. The average molecular weight is 287 g/mol. The Morgan fingerprint density at radius 3 is 2.68 bits per heavy atom. The lowest BCUT2D eigenvalue weighted by Crippen LogP contribution is -2.34. The summed E-state index contributed by atoms with van der Waals surface area (Å²) >= 11 is 0. The van der Waals surface area contributed by atoms with E-state index in [1.807, 2.05) is 45.0 Å². The third-order valence-electron chi connectivity index (χ3n) is 2.83. The van der Waals surface area contributed by atoms with Gasteiger partial charge < -0.3 is 15.8 Å². The highest BCUT2D eigenvalue weighted by Crippen LogP contribution is 2.19. The molecule has 1 aromatic rings. The number of hydrogen-bond donors (Lipinski definition) is 2. The van der Waals surface area contributed by atoms with Gasteiger partial charge in [-0.2, -0.15) is 0 Å². The van der Waals surface area contributed by atoms with E-state index >= 15 is 0 Å². The number of rotatable bonds is 6. The Hall–Kier alpha value is -1.26. The van der Waals surface area contributed by atoms with Crippen LogP contribution in [0.1, 0.15) is 32.4 Å². The quantitative estimate of drug-likeness (QED) is 0.843. The van der Waals surface area contributed by atoms with Gasteiger partial charge in [0.25, 0.3) is 0 Å². The van der Waals surface area contributed by atoms with E-state index in [4.69, 9.17) is 10.5 Å². The maximum absolute atomic E-state index is 11.7. The molecule has 2 unspecified atom stereocenters. The molecule has 1 aromatic carbocycles. The molecule has 0 fully saturated rings. The summed E-state index contributed by atoms with van der Waals surface area (Å²) in [6.07, 6.45) is 0. The molecule has 4 nitrogen and oxygen atoms in total. The molecule has 19 heavy (non-hydrogen) atoms. The van der Waals surface area contributed by atoms with Gasteiger partial charge in [-0.15, -0.1) is 12.4 Å². The third kappa shape index (κ3) is 5.49. The fraction of sp³-hybridized carbons (Fsp3) is 0.500. The Bertz CT molecular complexity index is 399. The number of benzene rings is 1. The predicted octanol–water partition coefficient (Wildman–Crippen LogP) is 2.28. The highest BCUT2D eigenvalue weighted by atomic mass is 35.5. The lowest BCUT2D eigenvalue weighted by atomic mass is 10.1. The summed E-state index contributed by atoms with van der Waals surface area (Å²) in [7, 11) is 0. The van der Waals surface area contributed by atoms with Crippen LogP contribution in [0.4, 0.5) is 0 Å². The molecular formula is C14H23ClN2O2. The highest BCUT2D eigenvalue weighted by molar-refractivity contribution is 5.85. The Kier molecular flexibility index (Phi) is 8.19. The standard InChI is InChI=1S/C14H22N2O2.ClH/c1-4-18-13-7-5-6-12(8-13)11(3)16-14(17)10(2)9-15;/h5-8,10-11H,4,9,15H2,1-3H3,(H,16,17);1H. The van der Waals surface area contributed by atoms with Crippen LogP contribution in [0.15, 0.2) is 24.3 Å². The summed E-state index contributed by atoms with van der Waals surface area (Å²) in [5, 5.41) is 2.94. The first-order valence-corrected chi connectivity index (χ1v) is 6.31. The van der Waals surface area contributed by atoms with Gasteiger partial charge in [0.05, 0.1) is 12.6 Å². The Labute approximate surface area is 121 Å². The largest absolute Gasteiger partial charge is 0.494 e. The first-order valence-electron chi connectivity index (χ1n) is 6.31. The topological polar surface area (TPSA) is 64.3 Å². The van der Waals surface area contributed by atoms with E-state index in [0.717, 1.165) is 11.3 Å². The molecule has 0 radical (unpaired) electrons. The zero-order chi connectivity index (χ0) is 13.5. The van der Waals surface area contributed by atoms with Crippen LogP contribution in [0.25, 0.3) is 0 Å². The normalized spacial score (nSPS) is 13.1. The van der Waals surface area contributed by atoms with Gasteiger partial charge in [-0.05, 0) is 31.5 Å². The van der Waals surface area contributed by atoms with E-state index in [2.05, 4.69) is 5.32 Å². The molecule has 0 heterocycles.